The Balaban J connectivity index is 1.81. The molecular weight excluding hydrogens is 178 g/mol. The zero-order valence-electron chi connectivity index (χ0n) is 8.58. The molecule has 0 radical (unpaired) electrons. The third kappa shape index (κ3) is 2.27. The number of hydrogen-bond donors (Lipinski definition) is 1. The van der Waals surface area contributed by atoms with Crippen LogP contribution in [0.1, 0.15) is 44.9 Å². The van der Waals surface area contributed by atoms with Crippen LogP contribution in [0.4, 0.5) is 0 Å². The molecule has 3 heteroatoms. The lowest BCUT2D eigenvalue weighted by atomic mass is 9.84. The lowest BCUT2D eigenvalue weighted by Crippen LogP contribution is -2.32. The fraction of sp³-hybridized carbons (Fsp3) is 0.909. The van der Waals surface area contributed by atoms with E-state index in [1.54, 1.807) is 0 Å². The molecule has 2 fully saturated rings. The molecule has 0 aromatic rings. The average Bonchev–Trinajstić information content (AvgIpc) is 2.47. The maximum atomic E-state index is 11.0. The van der Waals surface area contributed by atoms with Crippen molar-refractivity contribution in [3.63, 3.8) is 0 Å². The monoisotopic (exact) mass is 197 g/mol. The largest absolute Gasteiger partial charge is 0.461 e. The van der Waals surface area contributed by atoms with E-state index in [0.717, 1.165) is 12.3 Å². The molecule has 0 bridgehead atoms. The molecule has 0 aromatic carbocycles. The van der Waals surface area contributed by atoms with E-state index in [9.17, 15) is 4.79 Å². The van der Waals surface area contributed by atoms with Gasteiger partial charge in [0.25, 0.3) is 0 Å². The highest BCUT2D eigenvalue weighted by atomic mass is 16.6. The molecule has 1 saturated carbocycles. The van der Waals surface area contributed by atoms with Gasteiger partial charge < -0.3 is 10.5 Å². The van der Waals surface area contributed by atoms with Crippen LogP contribution in [0.5, 0.6) is 0 Å². The van der Waals surface area contributed by atoms with Crippen LogP contribution >= 0.6 is 0 Å². The van der Waals surface area contributed by atoms with Crippen molar-refractivity contribution in [2.45, 2.75) is 57.1 Å². The molecule has 1 heterocycles. The van der Waals surface area contributed by atoms with Gasteiger partial charge in [-0.2, -0.15) is 0 Å². The number of rotatable bonds is 2. The van der Waals surface area contributed by atoms with Gasteiger partial charge in [0.2, 0.25) is 0 Å². The summed E-state index contributed by atoms with van der Waals surface area (Å²) in [6.45, 7) is 0. The normalized spacial score (nSPS) is 34.5. The Kier molecular flexibility index (Phi) is 3.06. The van der Waals surface area contributed by atoms with Gasteiger partial charge in [-0.05, 0) is 12.3 Å². The van der Waals surface area contributed by atoms with Crippen molar-refractivity contribution < 1.29 is 9.53 Å². The quantitative estimate of drug-likeness (QED) is 0.684. The van der Waals surface area contributed by atoms with Crippen molar-refractivity contribution in [2.75, 3.05) is 0 Å². The first-order chi connectivity index (χ1) is 6.75. The summed E-state index contributed by atoms with van der Waals surface area (Å²) >= 11 is 0. The first-order valence-corrected chi connectivity index (χ1v) is 5.71. The van der Waals surface area contributed by atoms with Crippen molar-refractivity contribution in [3.8, 4) is 0 Å². The molecular formula is C11H19NO2. The van der Waals surface area contributed by atoms with E-state index in [2.05, 4.69) is 0 Å². The van der Waals surface area contributed by atoms with Gasteiger partial charge in [-0.25, -0.2) is 0 Å². The maximum absolute atomic E-state index is 11.0. The van der Waals surface area contributed by atoms with E-state index in [0.29, 0.717) is 6.42 Å². The second-order valence-electron chi connectivity index (χ2n) is 4.64. The van der Waals surface area contributed by atoms with Crippen LogP contribution < -0.4 is 5.73 Å². The van der Waals surface area contributed by atoms with E-state index >= 15 is 0 Å². The molecule has 1 aliphatic carbocycles. The second-order valence-corrected chi connectivity index (χ2v) is 4.64. The third-order valence-corrected chi connectivity index (χ3v) is 3.45. The fourth-order valence-corrected chi connectivity index (χ4v) is 2.60. The molecule has 2 rings (SSSR count). The summed E-state index contributed by atoms with van der Waals surface area (Å²) in [5, 5.41) is 0. The molecule has 0 aromatic heterocycles. The molecule has 2 N–H and O–H groups in total. The SMILES string of the molecule is N[C@H]1CC(=O)O[C@H]1CC1CCCCC1. The van der Waals surface area contributed by atoms with E-state index in [1.165, 1.54) is 32.1 Å². The molecule has 2 atom stereocenters. The number of ether oxygens (including phenoxy) is 1. The summed E-state index contributed by atoms with van der Waals surface area (Å²) < 4.78 is 5.21. The predicted octanol–water partition coefficient (Wildman–Crippen LogP) is 1.60. The highest BCUT2D eigenvalue weighted by Crippen LogP contribution is 2.30. The Morgan fingerprint density at radius 3 is 2.57 bits per heavy atom. The molecule has 3 nitrogen and oxygen atoms in total. The van der Waals surface area contributed by atoms with Crippen LogP contribution in [0, 0.1) is 5.92 Å². The van der Waals surface area contributed by atoms with Gasteiger partial charge in [0.05, 0.1) is 12.5 Å². The van der Waals surface area contributed by atoms with Gasteiger partial charge >= 0.3 is 5.97 Å². The smallest absolute Gasteiger partial charge is 0.307 e. The van der Waals surface area contributed by atoms with Crippen molar-refractivity contribution in [1.82, 2.24) is 0 Å². The third-order valence-electron chi connectivity index (χ3n) is 3.45. The van der Waals surface area contributed by atoms with Crippen LogP contribution in [0.15, 0.2) is 0 Å². The Bertz CT molecular complexity index is 211. The van der Waals surface area contributed by atoms with Gasteiger partial charge in [-0.3, -0.25) is 4.79 Å². The van der Waals surface area contributed by atoms with Gasteiger partial charge in [-0.15, -0.1) is 0 Å². The topological polar surface area (TPSA) is 52.3 Å². The summed E-state index contributed by atoms with van der Waals surface area (Å²) in [4.78, 5) is 11.0. The standard InChI is InChI=1S/C11H19NO2/c12-9-7-11(13)14-10(9)6-8-4-2-1-3-5-8/h8-10H,1-7,12H2/t9-,10-/m0/s1. The summed E-state index contributed by atoms with van der Waals surface area (Å²) in [5.74, 6) is 0.629. The lowest BCUT2D eigenvalue weighted by Gasteiger charge is -2.25. The minimum Gasteiger partial charge on any atom is -0.461 e. The predicted molar refractivity (Wildman–Crippen MR) is 53.7 cm³/mol. The van der Waals surface area contributed by atoms with Crippen molar-refractivity contribution in [1.29, 1.82) is 0 Å². The lowest BCUT2D eigenvalue weighted by molar-refractivity contribution is -0.142. The second kappa shape index (κ2) is 4.30. The van der Waals surface area contributed by atoms with E-state index < -0.39 is 0 Å². The van der Waals surface area contributed by atoms with Gasteiger partial charge in [0.1, 0.15) is 6.10 Å². The molecule has 2 aliphatic rings. The molecule has 1 saturated heterocycles. The number of carbonyl (C=O) groups excluding carboxylic acids is 1. The Labute approximate surface area is 85.0 Å². The Morgan fingerprint density at radius 1 is 1.29 bits per heavy atom. The molecule has 14 heavy (non-hydrogen) atoms. The van der Waals surface area contributed by atoms with Crippen LogP contribution in [0.2, 0.25) is 0 Å². The fourth-order valence-electron chi connectivity index (χ4n) is 2.60. The molecule has 0 unspecified atom stereocenters. The van der Waals surface area contributed by atoms with Crippen LogP contribution in [0.25, 0.3) is 0 Å². The zero-order chi connectivity index (χ0) is 9.97. The number of cyclic esters (lactones) is 1. The first kappa shape index (κ1) is 9.97. The number of hydrogen-bond acceptors (Lipinski definition) is 3. The van der Waals surface area contributed by atoms with E-state index in [-0.39, 0.29) is 18.1 Å². The van der Waals surface area contributed by atoms with Crippen LogP contribution in [-0.4, -0.2) is 18.1 Å². The highest BCUT2D eigenvalue weighted by Gasteiger charge is 2.33. The molecule has 80 valence electrons. The minimum absolute atomic E-state index is 0.00519. The van der Waals surface area contributed by atoms with Crippen molar-refractivity contribution in [2.24, 2.45) is 11.7 Å². The number of nitrogens with two attached hydrogens (primary N) is 1. The Hall–Kier alpha value is -0.570. The summed E-state index contributed by atoms with van der Waals surface area (Å²) in [6, 6.07) is -0.0515. The molecule has 0 spiro atoms. The summed E-state index contributed by atoms with van der Waals surface area (Å²) in [7, 11) is 0. The first-order valence-electron chi connectivity index (χ1n) is 5.71. The van der Waals surface area contributed by atoms with Gasteiger partial charge in [0, 0.05) is 0 Å². The van der Waals surface area contributed by atoms with Crippen molar-refractivity contribution >= 4 is 5.97 Å². The summed E-state index contributed by atoms with van der Waals surface area (Å²) in [6.07, 6.45) is 8.03. The summed E-state index contributed by atoms with van der Waals surface area (Å²) in [5.41, 5.74) is 5.84. The zero-order valence-corrected chi connectivity index (χ0v) is 8.58. The highest BCUT2D eigenvalue weighted by molar-refractivity contribution is 5.72. The van der Waals surface area contributed by atoms with Crippen LogP contribution in [0.3, 0.4) is 0 Å². The minimum atomic E-state index is -0.113. The van der Waals surface area contributed by atoms with Gasteiger partial charge in [0.15, 0.2) is 0 Å². The van der Waals surface area contributed by atoms with Crippen molar-refractivity contribution in [3.05, 3.63) is 0 Å². The molecule has 0 amide bonds. The Morgan fingerprint density at radius 2 is 2.00 bits per heavy atom. The average molecular weight is 197 g/mol. The number of esters is 1. The van der Waals surface area contributed by atoms with E-state index in [4.69, 9.17) is 10.5 Å². The van der Waals surface area contributed by atoms with E-state index in [1.807, 2.05) is 0 Å². The van der Waals surface area contributed by atoms with Gasteiger partial charge in [-0.1, -0.05) is 32.1 Å². The number of carbonyl (C=O) groups is 1. The van der Waals surface area contributed by atoms with Crippen LogP contribution in [-0.2, 0) is 9.53 Å². The molecule has 1 aliphatic heterocycles. The maximum Gasteiger partial charge on any atom is 0.307 e.